The summed E-state index contributed by atoms with van der Waals surface area (Å²) in [7, 11) is 0. The second-order valence-corrected chi connectivity index (χ2v) is 7.21. The minimum absolute atomic E-state index is 0.00382. The molecule has 0 saturated heterocycles. The van der Waals surface area contributed by atoms with E-state index in [1.807, 2.05) is 55.5 Å². The van der Waals surface area contributed by atoms with E-state index in [0.29, 0.717) is 16.7 Å². The third-order valence-electron chi connectivity index (χ3n) is 4.80. The van der Waals surface area contributed by atoms with Crippen molar-refractivity contribution in [1.29, 1.82) is 0 Å². The number of hydrogen-bond acceptors (Lipinski definition) is 5. The molecule has 3 aromatic rings. The van der Waals surface area contributed by atoms with E-state index in [0.717, 1.165) is 5.56 Å². The van der Waals surface area contributed by atoms with Gasteiger partial charge in [0.15, 0.2) is 0 Å². The lowest BCUT2D eigenvalue weighted by molar-refractivity contribution is -0.141. The van der Waals surface area contributed by atoms with E-state index in [2.05, 4.69) is 20.6 Å². The van der Waals surface area contributed by atoms with Crippen LogP contribution in [0.3, 0.4) is 0 Å². The maximum absolute atomic E-state index is 12.2. The second-order valence-electron chi connectivity index (χ2n) is 7.21. The number of para-hydroxylation sites is 2. The van der Waals surface area contributed by atoms with Crippen molar-refractivity contribution in [2.75, 3.05) is 0 Å². The Labute approximate surface area is 179 Å². The quantitative estimate of drug-likeness (QED) is 0.489. The number of rotatable bonds is 9. The van der Waals surface area contributed by atoms with Gasteiger partial charge in [-0.3, -0.25) is 14.6 Å². The van der Waals surface area contributed by atoms with E-state index in [9.17, 15) is 19.5 Å². The Morgan fingerprint density at radius 3 is 2.19 bits per heavy atom. The van der Waals surface area contributed by atoms with Crippen LogP contribution in [-0.4, -0.2) is 38.9 Å². The normalized spacial score (nSPS) is 12.7. The lowest BCUT2D eigenvalue weighted by Gasteiger charge is -2.16. The monoisotopic (exact) mass is 420 g/mol. The van der Waals surface area contributed by atoms with Gasteiger partial charge < -0.3 is 15.7 Å². The number of nitrogens with one attached hydrogen (secondary N) is 2. The number of carbonyl (C=O) groups excluding carboxylic acids is 2. The Balaban J connectivity index is 1.51. The Kier molecular flexibility index (Phi) is 7.26. The van der Waals surface area contributed by atoms with Crippen LogP contribution in [-0.2, 0) is 20.8 Å². The molecule has 0 spiro atoms. The number of carboxylic acids is 1. The van der Waals surface area contributed by atoms with E-state index in [-0.39, 0.29) is 31.2 Å². The van der Waals surface area contributed by atoms with Crippen LogP contribution in [0, 0.1) is 0 Å². The molecular formula is C23H24N4O4. The first-order valence-electron chi connectivity index (χ1n) is 9.99. The molecule has 0 saturated carbocycles. The van der Waals surface area contributed by atoms with E-state index < -0.39 is 17.9 Å². The molecule has 0 unspecified atom stereocenters. The van der Waals surface area contributed by atoms with Gasteiger partial charge in [-0.05, 0) is 24.6 Å². The number of carbonyl (C=O) groups is 3. The highest BCUT2D eigenvalue weighted by atomic mass is 16.4. The van der Waals surface area contributed by atoms with Crippen molar-refractivity contribution in [1.82, 2.24) is 20.6 Å². The molecule has 2 atom stereocenters. The topological polar surface area (TPSA) is 121 Å². The van der Waals surface area contributed by atoms with Crippen LogP contribution in [0.2, 0.25) is 0 Å². The predicted octanol–water partition coefficient (Wildman–Crippen LogP) is 2.40. The summed E-state index contributed by atoms with van der Waals surface area (Å²) >= 11 is 0. The first kappa shape index (κ1) is 21.9. The molecule has 160 valence electrons. The highest BCUT2D eigenvalue weighted by Crippen LogP contribution is 2.12. The van der Waals surface area contributed by atoms with Crippen molar-refractivity contribution in [3.05, 3.63) is 72.1 Å². The molecule has 0 aliphatic carbocycles. The third kappa shape index (κ3) is 6.33. The van der Waals surface area contributed by atoms with Crippen molar-refractivity contribution in [2.24, 2.45) is 0 Å². The molecular weight excluding hydrogens is 396 g/mol. The lowest BCUT2D eigenvalue weighted by atomic mass is 10.1. The number of nitrogens with zero attached hydrogens (tertiary/aromatic N) is 2. The molecule has 8 heteroatoms. The van der Waals surface area contributed by atoms with Crippen molar-refractivity contribution >= 4 is 28.8 Å². The van der Waals surface area contributed by atoms with Crippen LogP contribution in [0.25, 0.3) is 11.0 Å². The average molecular weight is 420 g/mol. The van der Waals surface area contributed by atoms with Gasteiger partial charge in [-0.25, -0.2) is 9.78 Å². The van der Waals surface area contributed by atoms with Crippen LogP contribution in [0.15, 0.2) is 60.8 Å². The summed E-state index contributed by atoms with van der Waals surface area (Å²) in [5, 5.41) is 14.8. The Morgan fingerprint density at radius 1 is 0.903 bits per heavy atom. The number of carboxylic acid groups (broad SMARTS) is 1. The molecule has 3 N–H and O–H groups in total. The third-order valence-corrected chi connectivity index (χ3v) is 4.80. The summed E-state index contributed by atoms with van der Waals surface area (Å²) in [6.07, 6.45) is 1.35. The number of benzene rings is 2. The van der Waals surface area contributed by atoms with Crippen molar-refractivity contribution < 1.29 is 19.5 Å². The second kappa shape index (κ2) is 10.3. The molecule has 0 radical (unpaired) electrons. The first-order chi connectivity index (χ1) is 14.9. The molecule has 1 aromatic heterocycles. The molecule has 3 rings (SSSR count). The van der Waals surface area contributed by atoms with Crippen LogP contribution >= 0.6 is 0 Å². The van der Waals surface area contributed by atoms with E-state index in [1.54, 1.807) is 6.07 Å². The highest BCUT2D eigenvalue weighted by Gasteiger charge is 2.22. The number of amides is 2. The van der Waals surface area contributed by atoms with Gasteiger partial charge in [-0.2, -0.15) is 0 Å². The highest BCUT2D eigenvalue weighted by molar-refractivity contribution is 5.87. The van der Waals surface area contributed by atoms with Gasteiger partial charge >= 0.3 is 5.97 Å². The molecule has 0 fully saturated rings. The number of fused-ring (bicyclic) bond motifs is 1. The summed E-state index contributed by atoms with van der Waals surface area (Å²) in [6.45, 7) is 1.86. The Hall–Kier alpha value is -3.81. The molecule has 0 bridgehead atoms. The van der Waals surface area contributed by atoms with Crippen LogP contribution in [0.1, 0.15) is 37.1 Å². The van der Waals surface area contributed by atoms with Crippen molar-refractivity contribution in [3.63, 3.8) is 0 Å². The van der Waals surface area contributed by atoms with Crippen LogP contribution in [0.5, 0.6) is 0 Å². The van der Waals surface area contributed by atoms with Gasteiger partial charge in [0.2, 0.25) is 11.8 Å². The Bertz CT molecular complexity index is 1070. The van der Waals surface area contributed by atoms with E-state index in [4.69, 9.17) is 0 Å². The average Bonchev–Trinajstić information content (AvgIpc) is 2.77. The number of aliphatic carboxylic acids is 1. The van der Waals surface area contributed by atoms with Gasteiger partial charge in [-0.15, -0.1) is 0 Å². The summed E-state index contributed by atoms with van der Waals surface area (Å²) in [5.41, 5.74) is 2.78. The molecule has 2 aromatic carbocycles. The van der Waals surface area contributed by atoms with E-state index >= 15 is 0 Å². The maximum Gasteiger partial charge on any atom is 0.326 e. The molecule has 0 aliphatic rings. The van der Waals surface area contributed by atoms with Crippen LogP contribution in [0.4, 0.5) is 0 Å². The predicted molar refractivity (Wildman–Crippen MR) is 115 cm³/mol. The van der Waals surface area contributed by atoms with Gasteiger partial charge in [-0.1, -0.05) is 42.5 Å². The molecule has 1 heterocycles. The van der Waals surface area contributed by atoms with Gasteiger partial charge in [0.25, 0.3) is 0 Å². The Morgan fingerprint density at radius 2 is 1.52 bits per heavy atom. The zero-order valence-corrected chi connectivity index (χ0v) is 17.1. The zero-order valence-electron chi connectivity index (χ0n) is 17.1. The molecule has 0 aliphatic heterocycles. The summed E-state index contributed by atoms with van der Waals surface area (Å²) in [6, 6.07) is 15.4. The number of aromatic nitrogens is 2. The molecule has 8 nitrogen and oxygen atoms in total. The summed E-state index contributed by atoms with van der Waals surface area (Å²) in [5.74, 6) is -1.96. The van der Waals surface area contributed by atoms with E-state index in [1.165, 1.54) is 6.20 Å². The maximum atomic E-state index is 12.2. The fraction of sp³-hybridized carbons (Fsp3) is 0.261. The smallest absolute Gasteiger partial charge is 0.326 e. The lowest BCUT2D eigenvalue weighted by Crippen LogP contribution is -2.42. The SMILES string of the molecule is C[C@@H](NC(=O)CCC(=O)N[C@@H](Cc1cnc2ccccc2n1)C(=O)O)c1ccccc1. The minimum Gasteiger partial charge on any atom is -0.480 e. The fourth-order valence-electron chi connectivity index (χ4n) is 3.14. The van der Waals surface area contributed by atoms with Gasteiger partial charge in [0.1, 0.15) is 6.04 Å². The zero-order chi connectivity index (χ0) is 22.2. The van der Waals surface area contributed by atoms with Gasteiger partial charge in [0, 0.05) is 25.5 Å². The standard InChI is InChI=1S/C23H24N4O4/c1-15(16-7-3-2-4-8-16)25-21(28)11-12-22(29)27-20(23(30)31)13-17-14-24-18-9-5-6-10-19(18)26-17/h2-10,14-15,20H,11-13H2,1H3,(H,25,28)(H,27,29)(H,30,31)/t15-,20+/m1/s1. The van der Waals surface area contributed by atoms with Gasteiger partial charge in [0.05, 0.1) is 22.8 Å². The minimum atomic E-state index is -1.18. The molecule has 2 amide bonds. The summed E-state index contributed by atoms with van der Waals surface area (Å²) in [4.78, 5) is 44.6. The largest absolute Gasteiger partial charge is 0.480 e. The fourth-order valence-corrected chi connectivity index (χ4v) is 3.14. The summed E-state index contributed by atoms with van der Waals surface area (Å²) < 4.78 is 0. The van der Waals surface area contributed by atoms with Crippen molar-refractivity contribution in [3.8, 4) is 0 Å². The van der Waals surface area contributed by atoms with Crippen LogP contribution < -0.4 is 10.6 Å². The first-order valence-corrected chi connectivity index (χ1v) is 9.99. The molecule has 31 heavy (non-hydrogen) atoms. The van der Waals surface area contributed by atoms with Crippen molar-refractivity contribution in [2.45, 2.75) is 38.3 Å². The number of hydrogen-bond donors (Lipinski definition) is 3.